The summed E-state index contributed by atoms with van der Waals surface area (Å²) < 4.78 is 151. The number of hydrazine groups is 1. The number of carbonyl (C=O) groups is 2. The van der Waals surface area contributed by atoms with Crippen molar-refractivity contribution in [1.29, 1.82) is 0 Å². The average molecular weight is 1110 g/mol. The number of aliphatic hydroxyl groups is 2. The first-order chi connectivity index (χ1) is 36.4. The summed E-state index contributed by atoms with van der Waals surface area (Å²) in [7, 11) is 0. The van der Waals surface area contributed by atoms with Gasteiger partial charge in [0.2, 0.25) is 0 Å². The Kier molecular flexibility index (Phi) is 16.6. The summed E-state index contributed by atoms with van der Waals surface area (Å²) in [5.41, 5.74) is 0.370. The molecule has 0 bridgehead atoms. The summed E-state index contributed by atoms with van der Waals surface area (Å²) >= 11 is 4.51. The molecule has 0 radical (unpaired) electrons. The minimum Gasteiger partial charge on any atom is -0.392 e. The van der Waals surface area contributed by atoms with E-state index in [0.29, 0.717) is 35.2 Å². The molecule has 6 aromatic heterocycles. The molecule has 33 heteroatoms. The van der Waals surface area contributed by atoms with Gasteiger partial charge in [0, 0.05) is 23.3 Å². The second-order valence-corrected chi connectivity index (χ2v) is 16.4. The normalized spacial score (nSPS) is 13.2. The molecule has 0 aliphatic heterocycles. The molecule has 77 heavy (non-hydrogen) atoms. The van der Waals surface area contributed by atoms with Gasteiger partial charge in [-0.05, 0) is 24.3 Å². The van der Waals surface area contributed by atoms with E-state index in [1.807, 2.05) is 10.6 Å². The number of alkyl halides is 6. The van der Waals surface area contributed by atoms with Gasteiger partial charge >= 0.3 is 12.4 Å². The van der Waals surface area contributed by atoms with E-state index in [-0.39, 0.29) is 52.2 Å². The van der Waals surface area contributed by atoms with Crippen molar-refractivity contribution in [3.05, 3.63) is 132 Å². The number of nitrogens with zero attached hydrogens (tertiary/aromatic N) is 10. The lowest BCUT2D eigenvalue weighted by Crippen LogP contribution is -2.62. The highest BCUT2D eigenvalue weighted by Gasteiger charge is 2.60. The monoisotopic (exact) mass is 1110 g/mol. The molecule has 2 aromatic carbocycles. The van der Waals surface area contributed by atoms with Gasteiger partial charge in [0.15, 0.2) is 34.9 Å². The van der Waals surface area contributed by atoms with E-state index in [1.165, 1.54) is 75.8 Å². The number of thiocarbonyl (C=S) groups is 1. The first-order valence-electron chi connectivity index (χ1n) is 21.6. The Morgan fingerprint density at radius 1 is 0.623 bits per heavy atom. The van der Waals surface area contributed by atoms with Crippen LogP contribution in [0.5, 0.6) is 0 Å². The van der Waals surface area contributed by atoms with Crippen molar-refractivity contribution < 1.29 is 72.8 Å². The summed E-state index contributed by atoms with van der Waals surface area (Å²) in [5, 5.41) is 42.1. The second kappa shape index (κ2) is 22.9. The molecule has 6 heterocycles. The summed E-state index contributed by atoms with van der Waals surface area (Å²) in [6, 6.07) is 17.8. The largest absolute Gasteiger partial charge is 0.428 e. The predicted octanol–water partition coefficient (Wildman–Crippen LogP) is 4.45. The third-order valence-corrected chi connectivity index (χ3v) is 10.9. The molecule has 0 fully saturated rings. The van der Waals surface area contributed by atoms with Crippen molar-refractivity contribution in [3.63, 3.8) is 0 Å². The molecule has 2 atom stereocenters. The molecular weight excluding hydrogens is 1070 g/mol. The number of anilines is 2. The van der Waals surface area contributed by atoms with Crippen LogP contribution in [-0.2, 0) is 22.7 Å². The van der Waals surface area contributed by atoms with Crippen LogP contribution in [0.1, 0.15) is 11.1 Å². The number of rotatable bonds is 18. The Hall–Kier alpha value is -8.95. The van der Waals surface area contributed by atoms with Crippen molar-refractivity contribution >= 4 is 40.7 Å². The van der Waals surface area contributed by atoms with Crippen LogP contribution in [0.3, 0.4) is 0 Å². The van der Waals surface area contributed by atoms with Gasteiger partial charge in [-0.25, -0.2) is 43.3 Å². The van der Waals surface area contributed by atoms with E-state index in [9.17, 15) is 63.7 Å². The summed E-state index contributed by atoms with van der Waals surface area (Å²) in [5.74, 6) is -4.43. The number of hydrogen-bond donors (Lipinski definition) is 8. The van der Waals surface area contributed by atoms with Crippen LogP contribution >= 0.6 is 12.2 Å². The van der Waals surface area contributed by atoms with Crippen LogP contribution in [0.2, 0.25) is 0 Å². The molecule has 0 aliphatic rings. The SMILES string of the molecule is NC(=S)CNC(=O)C(O)(CNc1nc(-c2cc(-c3ccon3)n(Cc3ccccc3F)n2)ncc1F)C(F)(F)F.NNC(=O)C(O)(CNc1nc(-c2cc(-c3ccon3)n(Cc3ccccc3F)n2)ncc1F)C(F)(F)F. The predicted molar refractivity (Wildman–Crippen MR) is 250 cm³/mol. The number of aromatic nitrogens is 10. The van der Waals surface area contributed by atoms with E-state index in [1.54, 1.807) is 29.6 Å². The molecule has 22 nitrogen and oxygen atoms in total. The highest BCUT2D eigenvalue weighted by Crippen LogP contribution is 2.34. The Morgan fingerprint density at radius 2 is 1.04 bits per heavy atom. The Balaban J connectivity index is 0.000000224. The number of carbonyl (C=O) groups excluding carboxylic acids is 2. The lowest BCUT2D eigenvalue weighted by atomic mass is 10.0. The van der Waals surface area contributed by atoms with E-state index >= 15 is 0 Å². The number of amides is 2. The zero-order valence-corrected chi connectivity index (χ0v) is 39.4. The van der Waals surface area contributed by atoms with Gasteiger partial charge in [0.25, 0.3) is 23.0 Å². The van der Waals surface area contributed by atoms with E-state index in [4.69, 9.17) is 20.6 Å². The molecule has 10 N–H and O–H groups in total. The van der Waals surface area contributed by atoms with Crippen LogP contribution in [-0.4, -0.2) is 120 Å². The minimum atomic E-state index is -5.47. The van der Waals surface area contributed by atoms with Crippen molar-refractivity contribution in [2.24, 2.45) is 11.6 Å². The van der Waals surface area contributed by atoms with Gasteiger partial charge < -0.3 is 40.9 Å². The fourth-order valence-corrected chi connectivity index (χ4v) is 6.75. The molecule has 8 aromatic rings. The smallest absolute Gasteiger partial charge is 0.392 e. The van der Waals surface area contributed by atoms with Crippen LogP contribution in [0.25, 0.3) is 45.8 Å². The Bertz CT molecular complexity index is 3380. The fraction of sp³-hybridized carbons (Fsp3) is 0.205. The van der Waals surface area contributed by atoms with Crippen molar-refractivity contribution in [1.82, 2.24) is 60.6 Å². The van der Waals surface area contributed by atoms with Gasteiger partial charge in [-0.2, -0.15) is 36.5 Å². The summed E-state index contributed by atoms with van der Waals surface area (Å²) in [6.45, 7) is -3.74. The van der Waals surface area contributed by atoms with Gasteiger partial charge in [0.05, 0.1) is 61.5 Å². The molecule has 8 rings (SSSR count). The highest BCUT2D eigenvalue weighted by molar-refractivity contribution is 7.80. The van der Waals surface area contributed by atoms with Crippen LogP contribution in [0, 0.1) is 23.3 Å². The lowest BCUT2D eigenvalue weighted by Gasteiger charge is -2.29. The van der Waals surface area contributed by atoms with Crippen molar-refractivity contribution in [3.8, 4) is 45.8 Å². The minimum absolute atomic E-state index is 0.0256. The van der Waals surface area contributed by atoms with Crippen LogP contribution in [0.15, 0.2) is 107 Å². The third-order valence-electron chi connectivity index (χ3n) is 10.7. The van der Waals surface area contributed by atoms with E-state index in [0.717, 1.165) is 0 Å². The van der Waals surface area contributed by atoms with Gasteiger partial charge in [-0.3, -0.25) is 24.4 Å². The zero-order chi connectivity index (χ0) is 55.9. The molecule has 404 valence electrons. The van der Waals surface area contributed by atoms with E-state index < -0.39 is 89.9 Å². The Labute approximate surface area is 429 Å². The lowest BCUT2D eigenvalue weighted by molar-refractivity contribution is -0.247. The quantitative estimate of drug-likeness (QED) is 0.0193. The molecule has 0 saturated carbocycles. The van der Waals surface area contributed by atoms with Gasteiger partial charge in [-0.15, -0.1) is 0 Å². The van der Waals surface area contributed by atoms with Crippen LogP contribution < -0.4 is 33.0 Å². The molecule has 0 saturated heterocycles. The first-order valence-corrected chi connectivity index (χ1v) is 22.0. The summed E-state index contributed by atoms with van der Waals surface area (Å²) in [4.78, 5) is 38.7. The van der Waals surface area contributed by atoms with E-state index in [2.05, 4.69) is 52.7 Å². The second-order valence-electron chi connectivity index (χ2n) is 15.9. The molecule has 2 unspecified atom stereocenters. The highest BCUT2D eigenvalue weighted by atomic mass is 32.1. The summed E-state index contributed by atoms with van der Waals surface area (Å²) in [6.07, 6.45) is -7.00. The number of hydrogen-bond acceptors (Lipinski definition) is 18. The Morgan fingerprint density at radius 3 is 1.40 bits per heavy atom. The fourth-order valence-electron chi connectivity index (χ4n) is 6.67. The average Bonchev–Trinajstić information content (AvgIpc) is 4.25. The van der Waals surface area contributed by atoms with Gasteiger partial charge in [-0.1, -0.05) is 58.9 Å². The number of nitrogens with two attached hydrogens (primary N) is 2. The topological polar surface area (TPSA) is 314 Å². The van der Waals surface area contributed by atoms with Crippen molar-refractivity contribution in [2.75, 3.05) is 30.3 Å². The number of benzene rings is 2. The zero-order valence-electron chi connectivity index (χ0n) is 38.6. The molecule has 0 aliphatic carbocycles. The maximum Gasteiger partial charge on any atom is 0.428 e. The van der Waals surface area contributed by atoms with Gasteiger partial charge in [0.1, 0.15) is 46.9 Å². The first kappa shape index (κ1) is 55.8. The number of halogens is 10. The maximum atomic E-state index is 14.5. The van der Waals surface area contributed by atoms with Crippen LogP contribution in [0.4, 0.5) is 55.5 Å². The van der Waals surface area contributed by atoms with Crippen molar-refractivity contribution in [2.45, 2.75) is 36.6 Å². The standard InChI is InChI=1S/C23H19F5N8O3S.C21H17F5N8O3/c24-13-4-2-1-3-12(13)10-36-17(15-5-6-39-35-15)7-16(34-36)20-30-8-14(25)19(33-20)32-11-22(38,23(26,27)28)21(37)31-9-18(29)40;22-12-4-2-1-3-11(12)9-34-16(14-5-6-37-33-14)7-15(32-34)18-28-8-13(23)17(30-18)29-10-20(36,19(35)31-27)21(24,25)26/h1-8,38H,9-11H2,(H2,29,40)(H,31,37)(H,30,32,33);1-8,36H,9-10,27H2,(H,31,35)(H,28,29,30). The molecule has 0 spiro atoms. The third kappa shape index (κ3) is 12.6. The maximum absolute atomic E-state index is 14.5. The molecule has 2 amide bonds. The molecular formula is C44H36F10N16O6S. The number of nitrogens with one attached hydrogen (secondary N) is 4.